The normalized spacial score (nSPS) is 18.2. The molecule has 6 heteroatoms. The first-order valence-corrected chi connectivity index (χ1v) is 9.53. The number of rotatable bonds is 5. The van der Waals surface area contributed by atoms with E-state index >= 15 is 0 Å². The first-order chi connectivity index (χ1) is 10.1. The summed E-state index contributed by atoms with van der Waals surface area (Å²) in [7, 11) is -3.48. The first kappa shape index (κ1) is 16.4. The molecule has 0 aliphatic carbocycles. The van der Waals surface area contributed by atoms with Crippen molar-refractivity contribution in [3.8, 4) is 11.8 Å². The van der Waals surface area contributed by atoms with E-state index in [-0.39, 0.29) is 11.5 Å². The van der Waals surface area contributed by atoms with Gasteiger partial charge in [0, 0.05) is 18.5 Å². The van der Waals surface area contributed by atoms with E-state index < -0.39 is 10.0 Å². The number of hydrogen-bond donors (Lipinski definition) is 2. The Morgan fingerprint density at radius 1 is 1.43 bits per heavy atom. The SMILES string of the molecule is O=S(=O)(NCC1CCSC1)c1cccc(C#CCCO)c1. The predicted octanol–water partition coefficient (Wildman–Crippen LogP) is 1.45. The van der Waals surface area contributed by atoms with Gasteiger partial charge in [0.05, 0.1) is 11.5 Å². The predicted molar refractivity (Wildman–Crippen MR) is 85.6 cm³/mol. The molecule has 1 saturated heterocycles. The van der Waals surface area contributed by atoms with Gasteiger partial charge in [-0.15, -0.1) is 0 Å². The van der Waals surface area contributed by atoms with Crippen LogP contribution >= 0.6 is 11.8 Å². The number of thioether (sulfide) groups is 1. The maximum atomic E-state index is 12.3. The molecule has 1 aromatic carbocycles. The van der Waals surface area contributed by atoms with Gasteiger partial charge in [-0.05, 0) is 42.0 Å². The summed E-state index contributed by atoms with van der Waals surface area (Å²) in [6.07, 6.45) is 1.45. The largest absolute Gasteiger partial charge is 0.395 e. The van der Waals surface area contributed by atoms with Crippen molar-refractivity contribution >= 4 is 21.8 Å². The summed E-state index contributed by atoms with van der Waals surface area (Å²) >= 11 is 1.87. The van der Waals surface area contributed by atoms with E-state index in [4.69, 9.17) is 5.11 Å². The zero-order valence-corrected chi connectivity index (χ0v) is 13.3. The highest BCUT2D eigenvalue weighted by atomic mass is 32.2. The topological polar surface area (TPSA) is 66.4 Å². The van der Waals surface area contributed by atoms with Gasteiger partial charge in [-0.2, -0.15) is 11.8 Å². The van der Waals surface area contributed by atoms with E-state index in [9.17, 15) is 8.42 Å². The molecule has 1 fully saturated rings. The Kier molecular flexibility index (Phi) is 6.12. The molecule has 114 valence electrons. The van der Waals surface area contributed by atoms with Crippen molar-refractivity contribution in [1.82, 2.24) is 4.72 Å². The fourth-order valence-electron chi connectivity index (χ4n) is 2.02. The quantitative estimate of drug-likeness (QED) is 0.804. The van der Waals surface area contributed by atoms with E-state index in [1.165, 1.54) is 0 Å². The molecule has 2 rings (SSSR count). The second-order valence-corrected chi connectivity index (χ2v) is 7.80. The van der Waals surface area contributed by atoms with E-state index in [0.29, 0.717) is 24.4 Å². The number of aliphatic hydroxyl groups is 1. The van der Waals surface area contributed by atoms with Gasteiger partial charge in [0.15, 0.2) is 0 Å². The summed E-state index contributed by atoms with van der Waals surface area (Å²) in [6.45, 7) is 0.502. The fourth-order valence-corrected chi connectivity index (χ4v) is 4.46. The molecule has 0 bridgehead atoms. The van der Waals surface area contributed by atoms with Gasteiger partial charge in [-0.1, -0.05) is 17.9 Å². The molecule has 1 heterocycles. The number of benzene rings is 1. The third-order valence-electron chi connectivity index (χ3n) is 3.20. The minimum absolute atomic E-state index is 0.00590. The molecule has 0 radical (unpaired) electrons. The molecule has 1 atom stereocenters. The molecule has 0 saturated carbocycles. The van der Waals surface area contributed by atoms with Gasteiger partial charge < -0.3 is 5.11 Å². The van der Waals surface area contributed by atoms with Gasteiger partial charge in [-0.3, -0.25) is 0 Å². The maximum absolute atomic E-state index is 12.3. The molecule has 0 spiro atoms. The monoisotopic (exact) mass is 325 g/mol. The molecule has 21 heavy (non-hydrogen) atoms. The molecular formula is C15H19NO3S2. The van der Waals surface area contributed by atoms with Crippen molar-refractivity contribution in [2.75, 3.05) is 24.7 Å². The number of sulfonamides is 1. The Morgan fingerprint density at radius 3 is 3.00 bits per heavy atom. The highest BCUT2D eigenvalue weighted by Crippen LogP contribution is 2.23. The van der Waals surface area contributed by atoms with E-state index in [0.717, 1.165) is 17.9 Å². The van der Waals surface area contributed by atoms with Crippen LogP contribution < -0.4 is 4.72 Å². The summed E-state index contributed by atoms with van der Waals surface area (Å²) in [4.78, 5) is 0.240. The lowest BCUT2D eigenvalue weighted by Crippen LogP contribution is -2.29. The molecule has 2 N–H and O–H groups in total. The van der Waals surface area contributed by atoms with E-state index in [1.54, 1.807) is 24.3 Å². The van der Waals surface area contributed by atoms with Crippen LogP contribution in [0, 0.1) is 17.8 Å². The second-order valence-electron chi connectivity index (χ2n) is 4.88. The first-order valence-electron chi connectivity index (χ1n) is 6.89. The molecular weight excluding hydrogens is 306 g/mol. The van der Waals surface area contributed by atoms with Crippen LogP contribution in [-0.2, 0) is 10.0 Å². The third kappa shape index (κ3) is 5.04. The highest BCUT2D eigenvalue weighted by molar-refractivity contribution is 7.99. The van der Waals surface area contributed by atoms with Crippen molar-refractivity contribution in [2.24, 2.45) is 5.92 Å². The van der Waals surface area contributed by atoms with Crippen molar-refractivity contribution in [3.05, 3.63) is 29.8 Å². The van der Waals surface area contributed by atoms with Crippen LogP contribution in [-0.4, -0.2) is 38.2 Å². The molecule has 1 aliphatic heterocycles. The fraction of sp³-hybridized carbons (Fsp3) is 0.467. The van der Waals surface area contributed by atoms with Crippen molar-refractivity contribution in [2.45, 2.75) is 17.7 Å². The van der Waals surface area contributed by atoms with Crippen LogP contribution in [0.25, 0.3) is 0 Å². The smallest absolute Gasteiger partial charge is 0.240 e. The number of nitrogens with one attached hydrogen (secondary N) is 1. The highest BCUT2D eigenvalue weighted by Gasteiger charge is 2.20. The van der Waals surface area contributed by atoms with Crippen LogP contribution in [0.2, 0.25) is 0 Å². The standard InChI is InChI=1S/C15H19NO3S2/c17-8-2-1-4-13-5-3-6-15(10-13)21(18,19)16-11-14-7-9-20-12-14/h3,5-6,10,14,16-17H,2,7-9,11-12H2. The third-order valence-corrected chi connectivity index (χ3v) is 5.85. The summed E-state index contributed by atoms with van der Waals surface area (Å²) in [5.41, 5.74) is 0.641. The van der Waals surface area contributed by atoms with E-state index in [1.807, 2.05) is 11.8 Å². The van der Waals surface area contributed by atoms with Gasteiger partial charge in [-0.25, -0.2) is 13.1 Å². The van der Waals surface area contributed by atoms with Crippen LogP contribution in [0.3, 0.4) is 0 Å². The molecule has 0 aromatic heterocycles. The maximum Gasteiger partial charge on any atom is 0.240 e. The zero-order chi connectivity index (χ0) is 15.1. The Bertz CT molecular complexity index is 626. The van der Waals surface area contributed by atoms with Crippen molar-refractivity contribution in [3.63, 3.8) is 0 Å². The second kappa shape index (κ2) is 7.85. The lowest BCUT2D eigenvalue weighted by atomic mass is 10.1. The molecule has 1 aromatic rings. The molecule has 4 nitrogen and oxygen atoms in total. The lowest BCUT2D eigenvalue weighted by molar-refractivity contribution is 0.305. The summed E-state index contributed by atoms with van der Waals surface area (Å²) < 4.78 is 27.2. The van der Waals surface area contributed by atoms with Gasteiger partial charge in [0.2, 0.25) is 10.0 Å². The van der Waals surface area contributed by atoms with Crippen LogP contribution in [0.4, 0.5) is 0 Å². The summed E-state index contributed by atoms with van der Waals surface area (Å²) in [5, 5.41) is 8.69. The number of aliphatic hydroxyl groups excluding tert-OH is 1. The van der Waals surface area contributed by atoms with Gasteiger partial charge >= 0.3 is 0 Å². The Hall–Kier alpha value is -1.00. The minimum Gasteiger partial charge on any atom is -0.395 e. The lowest BCUT2D eigenvalue weighted by Gasteiger charge is -2.11. The van der Waals surface area contributed by atoms with Crippen LogP contribution in [0.1, 0.15) is 18.4 Å². The van der Waals surface area contributed by atoms with Gasteiger partial charge in [0.1, 0.15) is 0 Å². The van der Waals surface area contributed by atoms with Gasteiger partial charge in [0.25, 0.3) is 0 Å². The minimum atomic E-state index is -3.48. The average molecular weight is 325 g/mol. The summed E-state index contributed by atoms with van der Waals surface area (Å²) in [5.74, 6) is 8.20. The van der Waals surface area contributed by atoms with Crippen molar-refractivity contribution in [1.29, 1.82) is 0 Å². The zero-order valence-electron chi connectivity index (χ0n) is 11.7. The van der Waals surface area contributed by atoms with Crippen LogP contribution in [0.5, 0.6) is 0 Å². The Labute approximate surface area is 130 Å². The van der Waals surface area contributed by atoms with Crippen LogP contribution in [0.15, 0.2) is 29.2 Å². The number of hydrogen-bond acceptors (Lipinski definition) is 4. The summed E-state index contributed by atoms with van der Waals surface area (Å²) in [6, 6.07) is 6.58. The molecule has 1 unspecified atom stereocenters. The molecule has 0 amide bonds. The Balaban J connectivity index is 2.05. The van der Waals surface area contributed by atoms with Crippen molar-refractivity contribution < 1.29 is 13.5 Å². The van der Waals surface area contributed by atoms with E-state index in [2.05, 4.69) is 16.6 Å². The Morgan fingerprint density at radius 2 is 2.29 bits per heavy atom. The molecule has 1 aliphatic rings. The average Bonchev–Trinajstić information content (AvgIpc) is 2.99.